The number of benzene rings is 2. The summed E-state index contributed by atoms with van der Waals surface area (Å²) in [6, 6.07) is 13.7. The molecular weight excluding hydrogens is 456 g/mol. The molecular formula is C24H30N4O3S2. The molecule has 2 aromatic carbocycles. The van der Waals surface area contributed by atoms with E-state index < -0.39 is 6.10 Å². The van der Waals surface area contributed by atoms with Crippen molar-refractivity contribution in [2.24, 2.45) is 0 Å². The summed E-state index contributed by atoms with van der Waals surface area (Å²) in [7, 11) is 0. The molecule has 2 heterocycles. The molecule has 0 spiro atoms. The number of aliphatic hydroxyl groups excluding tert-OH is 1. The van der Waals surface area contributed by atoms with Gasteiger partial charge in [-0.1, -0.05) is 0 Å². The molecule has 1 aromatic heterocycles. The van der Waals surface area contributed by atoms with Crippen molar-refractivity contribution >= 4 is 44.6 Å². The van der Waals surface area contributed by atoms with Crippen LogP contribution in [-0.4, -0.2) is 77.0 Å². The number of ether oxygens (including phenoxy) is 2. The van der Waals surface area contributed by atoms with Crippen molar-refractivity contribution in [2.45, 2.75) is 20.0 Å². The summed E-state index contributed by atoms with van der Waals surface area (Å²) in [6.45, 7) is 8.76. The van der Waals surface area contributed by atoms with Crippen molar-refractivity contribution in [1.29, 1.82) is 0 Å². The van der Waals surface area contributed by atoms with Gasteiger partial charge in [0.2, 0.25) is 0 Å². The number of β-amino-alcohol motifs (C(OH)–C–C–N with tert-alkyl or cyclic N) is 1. The predicted molar refractivity (Wildman–Crippen MR) is 138 cm³/mol. The number of fused-ring (bicyclic) bond motifs is 1. The molecule has 0 amide bonds. The van der Waals surface area contributed by atoms with Gasteiger partial charge in [-0.05, 0) is 62.5 Å². The second-order valence-electron chi connectivity index (χ2n) is 8.00. The fourth-order valence-electron chi connectivity index (χ4n) is 3.79. The van der Waals surface area contributed by atoms with Crippen molar-refractivity contribution in [3.8, 4) is 11.5 Å². The third-order valence-corrected chi connectivity index (χ3v) is 6.77. The van der Waals surface area contributed by atoms with E-state index >= 15 is 0 Å². The molecule has 1 fully saturated rings. The largest absolute Gasteiger partial charge is 0.494 e. The van der Waals surface area contributed by atoms with Crippen LogP contribution in [0.5, 0.6) is 11.5 Å². The molecule has 2 N–H and O–H groups in total. The zero-order valence-corrected chi connectivity index (χ0v) is 20.6. The molecule has 1 aliphatic rings. The molecule has 0 saturated carbocycles. The monoisotopic (exact) mass is 486 g/mol. The molecule has 0 aliphatic carbocycles. The minimum absolute atomic E-state index is 0.256. The highest BCUT2D eigenvalue weighted by atomic mass is 32.1. The van der Waals surface area contributed by atoms with Gasteiger partial charge in [0.1, 0.15) is 24.2 Å². The topological polar surface area (TPSA) is 70.1 Å². The predicted octanol–water partition coefficient (Wildman–Crippen LogP) is 3.76. The lowest BCUT2D eigenvalue weighted by Crippen LogP contribution is -2.51. The summed E-state index contributed by atoms with van der Waals surface area (Å²) in [4.78, 5) is 8.91. The number of nitrogens with one attached hydrogen (secondary N) is 1. The smallest absolute Gasteiger partial charge is 0.173 e. The minimum Gasteiger partial charge on any atom is -0.494 e. The number of hydrogen-bond donors (Lipinski definition) is 2. The Balaban J connectivity index is 1.18. The molecule has 176 valence electrons. The second kappa shape index (κ2) is 11.1. The zero-order valence-electron chi connectivity index (χ0n) is 19.0. The number of nitrogens with zero attached hydrogens (tertiary/aromatic N) is 3. The molecule has 4 rings (SSSR count). The van der Waals surface area contributed by atoms with E-state index in [-0.39, 0.29) is 6.61 Å². The van der Waals surface area contributed by atoms with Gasteiger partial charge in [-0.15, -0.1) is 11.3 Å². The van der Waals surface area contributed by atoms with Crippen LogP contribution in [0.1, 0.15) is 11.9 Å². The molecule has 0 bridgehead atoms. The number of piperazine rings is 1. The van der Waals surface area contributed by atoms with E-state index in [4.69, 9.17) is 21.7 Å². The SMILES string of the molecule is CCOc1ccc(NC(=S)N2CCN(C[C@@H](O)COc3ccc4sc(C)nc4c3)CC2)cc1. The van der Waals surface area contributed by atoms with Crippen molar-refractivity contribution in [2.75, 3.05) is 51.3 Å². The molecule has 33 heavy (non-hydrogen) atoms. The van der Waals surface area contributed by atoms with Gasteiger partial charge in [0.05, 0.1) is 21.8 Å². The van der Waals surface area contributed by atoms with Gasteiger partial charge in [-0.3, -0.25) is 4.90 Å². The van der Waals surface area contributed by atoms with Crippen LogP contribution < -0.4 is 14.8 Å². The van der Waals surface area contributed by atoms with E-state index in [1.54, 1.807) is 11.3 Å². The number of anilines is 1. The molecule has 7 nitrogen and oxygen atoms in total. The van der Waals surface area contributed by atoms with E-state index in [1.165, 1.54) is 0 Å². The van der Waals surface area contributed by atoms with E-state index in [0.29, 0.717) is 13.2 Å². The molecule has 1 aliphatic heterocycles. The zero-order chi connectivity index (χ0) is 23.2. The summed E-state index contributed by atoms with van der Waals surface area (Å²) in [5, 5.41) is 15.5. The third kappa shape index (κ3) is 6.54. The van der Waals surface area contributed by atoms with Crippen molar-refractivity contribution in [1.82, 2.24) is 14.8 Å². The van der Waals surface area contributed by atoms with Gasteiger partial charge < -0.3 is 24.8 Å². The maximum absolute atomic E-state index is 10.5. The molecule has 1 atom stereocenters. The Kier molecular flexibility index (Phi) is 7.97. The number of aryl methyl sites for hydroxylation is 1. The van der Waals surface area contributed by atoms with Crippen LogP contribution in [0, 0.1) is 6.92 Å². The Bertz CT molecular complexity index is 1070. The van der Waals surface area contributed by atoms with Crippen molar-refractivity contribution < 1.29 is 14.6 Å². The maximum atomic E-state index is 10.5. The van der Waals surface area contributed by atoms with Crippen molar-refractivity contribution in [3.05, 3.63) is 47.5 Å². The molecule has 1 saturated heterocycles. The van der Waals surface area contributed by atoms with Crippen LogP contribution in [0.25, 0.3) is 10.2 Å². The van der Waals surface area contributed by atoms with E-state index in [0.717, 1.165) is 63.7 Å². The van der Waals surface area contributed by atoms with Gasteiger partial charge in [0, 0.05) is 44.5 Å². The fraction of sp³-hybridized carbons (Fsp3) is 0.417. The molecule has 3 aromatic rings. The molecule has 9 heteroatoms. The number of aromatic nitrogens is 1. The number of rotatable bonds is 8. The van der Waals surface area contributed by atoms with Crippen LogP contribution in [0.4, 0.5) is 5.69 Å². The van der Waals surface area contributed by atoms with Crippen molar-refractivity contribution in [3.63, 3.8) is 0 Å². The molecule has 0 unspecified atom stereocenters. The second-order valence-corrected chi connectivity index (χ2v) is 9.62. The van der Waals surface area contributed by atoms with Gasteiger partial charge >= 0.3 is 0 Å². The van der Waals surface area contributed by atoms with Gasteiger partial charge in [-0.25, -0.2) is 4.98 Å². The highest BCUT2D eigenvalue weighted by Crippen LogP contribution is 2.25. The fourth-order valence-corrected chi connectivity index (χ4v) is 4.90. The lowest BCUT2D eigenvalue weighted by atomic mass is 10.2. The van der Waals surface area contributed by atoms with Gasteiger partial charge in [0.15, 0.2) is 5.11 Å². The van der Waals surface area contributed by atoms with Gasteiger partial charge in [-0.2, -0.15) is 0 Å². The average molecular weight is 487 g/mol. The lowest BCUT2D eigenvalue weighted by molar-refractivity contribution is 0.0559. The quantitative estimate of drug-likeness (QED) is 0.467. The maximum Gasteiger partial charge on any atom is 0.173 e. The van der Waals surface area contributed by atoms with Crippen LogP contribution in [0.3, 0.4) is 0 Å². The molecule has 0 radical (unpaired) electrons. The average Bonchev–Trinajstić information content (AvgIpc) is 3.19. The Morgan fingerprint density at radius 1 is 1.12 bits per heavy atom. The van der Waals surface area contributed by atoms with E-state index in [2.05, 4.69) is 20.1 Å². The Morgan fingerprint density at radius 3 is 2.58 bits per heavy atom. The van der Waals surface area contributed by atoms with Gasteiger partial charge in [0.25, 0.3) is 0 Å². The van der Waals surface area contributed by atoms with Crippen LogP contribution in [-0.2, 0) is 0 Å². The van der Waals surface area contributed by atoms with E-state index in [1.807, 2.05) is 56.3 Å². The van der Waals surface area contributed by atoms with Crippen LogP contribution in [0.2, 0.25) is 0 Å². The summed E-state index contributed by atoms with van der Waals surface area (Å²) < 4.78 is 12.4. The summed E-state index contributed by atoms with van der Waals surface area (Å²) >= 11 is 7.26. The number of aliphatic hydroxyl groups is 1. The summed E-state index contributed by atoms with van der Waals surface area (Å²) in [6.07, 6.45) is -0.557. The highest BCUT2D eigenvalue weighted by Gasteiger charge is 2.21. The first-order valence-corrected chi connectivity index (χ1v) is 12.4. The number of thiocarbonyl (C=S) groups is 1. The van der Waals surface area contributed by atoms with E-state index in [9.17, 15) is 5.11 Å². The Morgan fingerprint density at radius 2 is 1.85 bits per heavy atom. The number of thiazole rings is 1. The summed E-state index contributed by atoms with van der Waals surface area (Å²) in [5.41, 5.74) is 1.89. The highest BCUT2D eigenvalue weighted by molar-refractivity contribution is 7.80. The normalized spacial score (nSPS) is 15.4. The standard InChI is InChI=1S/C24H30N4O3S2/c1-3-30-20-6-4-18(5-7-20)26-24(32)28-12-10-27(11-13-28)15-19(29)16-31-21-8-9-23-22(14-21)25-17(2)33-23/h4-9,14,19,29H,3,10-13,15-16H2,1-2H3,(H,26,32)/t19-/m1/s1. The lowest BCUT2D eigenvalue weighted by Gasteiger charge is -2.36. The Labute approximate surface area is 203 Å². The van der Waals surface area contributed by atoms with Crippen LogP contribution in [0.15, 0.2) is 42.5 Å². The minimum atomic E-state index is -0.557. The first-order chi connectivity index (χ1) is 16.0. The Hall–Kier alpha value is -2.46. The third-order valence-electron chi connectivity index (χ3n) is 5.45. The first-order valence-electron chi connectivity index (χ1n) is 11.2. The van der Waals surface area contributed by atoms with Crippen LogP contribution >= 0.6 is 23.6 Å². The number of hydrogen-bond acceptors (Lipinski definition) is 7. The first kappa shape index (κ1) is 23.7. The summed E-state index contributed by atoms with van der Waals surface area (Å²) in [5.74, 6) is 1.59.